The molecule has 0 N–H and O–H groups in total. The van der Waals surface area contributed by atoms with Gasteiger partial charge in [0, 0.05) is 44.4 Å². The highest BCUT2D eigenvalue weighted by Gasteiger charge is 2.21. The first kappa shape index (κ1) is 28.1. The zero-order valence-electron chi connectivity index (χ0n) is 26.8. The van der Waals surface area contributed by atoms with Crippen LogP contribution in [0, 0.1) is 0 Å². The van der Waals surface area contributed by atoms with Crippen molar-refractivity contribution in [3.63, 3.8) is 0 Å². The number of aromatic nitrogens is 6. The normalized spacial score (nSPS) is 11.6. The molecule has 10 rings (SSSR count). The Morgan fingerprint density at radius 1 is 0.340 bits per heavy atom. The van der Waals surface area contributed by atoms with Crippen molar-refractivity contribution in [1.82, 2.24) is 29.1 Å². The molecule has 4 aromatic heterocycles. The van der Waals surface area contributed by atoms with Gasteiger partial charge in [0.2, 0.25) is 5.95 Å². The van der Waals surface area contributed by atoms with Crippen LogP contribution in [0.4, 0.5) is 0 Å². The lowest BCUT2D eigenvalue weighted by Crippen LogP contribution is -2.06. The fraction of sp³-hybridized carbons (Fsp3) is 0. The lowest BCUT2D eigenvalue weighted by Gasteiger charge is -2.11. The van der Waals surface area contributed by atoms with Crippen molar-refractivity contribution >= 4 is 43.6 Å². The lowest BCUT2D eigenvalue weighted by molar-refractivity contribution is 0.953. The molecule has 0 bridgehead atoms. The summed E-state index contributed by atoms with van der Waals surface area (Å²) in [6, 6.07) is 56.5. The molecule has 0 amide bonds. The standard InChI is InChI=1S/C44H28N6/c1-4-14-29(15-5-1)32-24-25-41(45-28-32)49-37-22-12-10-20-33(37)35-26-36-34-21-11-13-23-38(34)50(40(36)27-39(35)49)44-47-42(30-16-6-2-7-17-30)46-43(48-44)31-18-8-3-9-19-31/h1-28H. The molecule has 0 saturated heterocycles. The van der Waals surface area contributed by atoms with E-state index in [1.165, 1.54) is 5.39 Å². The van der Waals surface area contributed by atoms with Gasteiger partial charge in [-0.1, -0.05) is 127 Å². The van der Waals surface area contributed by atoms with Gasteiger partial charge in [-0.15, -0.1) is 0 Å². The van der Waals surface area contributed by atoms with E-state index in [4.69, 9.17) is 19.9 Å². The fourth-order valence-electron chi connectivity index (χ4n) is 7.11. The molecule has 10 aromatic rings. The highest BCUT2D eigenvalue weighted by molar-refractivity contribution is 6.19. The van der Waals surface area contributed by atoms with Gasteiger partial charge in [0.25, 0.3) is 0 Å². The van der Waals surface area contributed by atoms with E-state index in [9.17, 15) is 0 Å². The molecule has 0 fully saturated rings. The summed E-state index contributed by atoms with van der Waals surface area (Å²) in [5.41, 5.74) is 8.28. The monoisotopic (exact) mass is 640 g/mol. The largest absolute Gasteiger partial charge is 0.294 e. The van der Waals surface area contributed by atoms with Gasteiger partial charge in [-0.25, -0.2) is 9.97 Å². The van der Waals surface area contributed by atoms with Gasteiger partial charge in [0.05, 0.1) is 22.1 Å². The van der Waals surface area contributed by atoms with Gasteiger partial charge in [-0.3, -0.25) is 9.13 Å². The van der Waals surface area contributed by atoms with Gasteiger partial charge < -0.3 is 0 Å². The topological polar surface area (TPSA) is 61.4 Å². The molecule has 4 heterocycles. The Hall–Kier alpha value is -6.92. The molecule has 6 aromatic carbocycles. The fourth-order valence-corrected chi connectivity index (χ4v) is 7.11. The summed E-state index contributed by atoms with van der Waals surface area (Å²) in [6.07, 6.45) is 1.96. The minimum Gasteiger partial charge on any atom is -0.294 e. The van der Waals surface area contributed by atoms with Crippen molar-refractivity contribution in [2.75, 3.05) is 0 Å². The molecule has 0 aliphatic rings. The summed E-state index contributed by atoms with van der Waals surface area (Å²) in [5, 5.41) is 4.60. The van der Waals surface area contributed by atoms with Crippen LogP contribution in [0.1, 0.15) is 0 Å². The quantitative estimate of drug-likeness (QED) is 0.188. The van der Waals surface area contributed by atoms with Gasteiger partial charge >= 0.3 is 0 Å². The van der Waals surface area contributed by atoms with E-state index in [0.29, 0.717) is 17.6 Å². The number of para-hydroxylation sites is 2. The first-order valence-corrected chi connectivity index (χ1v) is 16.7. The van der Waals surface area contributed by atoms with Crippen molar-refractivity contribution in [3.05, 3.63) is 170 Å². The summed E-state index contributed by atoms with van der Waals surface area (Å²) >= 11 is 0. The van der Waals surface area contributed by atoms with E-state index in [-0.39, 0.29) is 0 Å². The van der Waals surface area contributed by atoms with E-state index in [1.54, 1.807) is 0 Å². The van der Waals surface area contributed by atoms with Crippen molar-refractivity contribution in [1.29, 1.82) is 0 Å². The Morgan fingerprint density at radius 2 is 0.840 bits per heavy atom. The van der Waals surface area contributed by atoms with Crippen LogP contribution in [-0.4, -0.2) is 29.1 Å². The summed E-state index contributed by atoms with van der Waals surface area (Å²) in [7, 11) is 0. The zero-order chi connectivity index (χ0) is 33.0. The van der Waals surface area contributed by atoms with Gasteiger partial charge in [-0.05, 0) is 42.0 Å². The maximum absolute atomic E-state index is 5.14. The molecule has 0 unspecified atom stereocenters. The second-order valence-corrected chi connectivity index (χ2v) is 12.4. The van der Waals surface area contributed by atoms with E-state index >= 15 is 0 Å². The Morgan fingerprint density at radius 3 is 1.40 bits per heavy atom. The summed E-state index contributed by atoms with van der Waals surface area (Å²) < 4.78 is 4.44. The number of nitrogens with zero attached hydrogens (tertiary/aromatic N) is 6. The van der Waals surface area contributed by atoms with Crippen LogP contribution in [0.15, 0.2) is 170 Å². The predicted molar refractivity (Wildman–Crippen MR) is 203 cm³/mol. The smallest absolute Gasteiger partial charge is 0.238 e. The van der Waals surface area contributed by atoms with Crippen LogP contribution < -0.4 is 0 Å². The van der Waals surface area contributed by atoms with Crippen molar-refractivity contribution in [2.24, 2.45) is 0 Å². The van der Waals surface area contributed by atoms with Crippen molar-refractivity contribution in [2.45, 2.75) is 0 Å². The van der Waals surface area contributed by atoms with E-state index in [2.05, 4.69) is 106 Å². The molecule has 0 atom stereocenters. The van der Waals surface area contributed by atoms with Crippen molar-refractivity contribution < 1.29 is 0 Å². The maximum atomic E-state index is 5.14. The van der Waals surface area contributed by atoms with Crippen LogP contribution in [0.2, 0.25) is 0 Å². The van der Waals surface area contributed by atoms with Crippen molar-refractivity contribution in [3.8, 4) is 45.7 Å². The Balaban J connectivity index is 1.26. The zero-order valence-corrected chi connectivity index (χ0v) is 26.8. The molecule has 6 nitrogen and oxygen atoms in total. The first-order chi connectivity index (χ1) is 24.8. The van der Waals surface area contributed by atoms with Crippen LogP contribution in [0.5, 0.6) is 0 Å². The molecule has 0 saturated carbocycles. The highest BCUT2D eigenvalue weighted by atomic mass is 15.2. The van der Waals surface area contributed by atoms with Gasteiger partial charge in [-0.2, -0.15) is 9.97 Å². The minimum absolute atomic E-state index is 0.566. The summed E-state index contributed by atoms with van der Waals surface area (Å²) in [4.78, 5) is 20.2. The van der Waals surface area contributed by atoms with Gasteiger partial charge in [0.1, 0.15) is 5.82 Å². The third-order valence-corrected chi connectivity index (χ3v) is 9.44. The first-order valence-electron chi connectivity index (χ1n) is 16.7. The SMILES string of the molecule is c1ccc(-c2ccc(-n3c4ccccc4c4cc5c6ccccc6n(-c6nc(-c7ccccc7)nc(-c7ccccc7)n6)c5cc43)nc2)cc1. The number of pyridine rings is 1. The van der Waals surface area contributed by atoms with Gasteiger partial charge in [0.15, 0.2) is 11.6 Å². The summed E-state index contributed by atoms with van der Waals surface area (Å²) in [6.45, 7) is 0. The number of rotatable bonds is 5. The Bertz CT molecular complexity index is 2780. The van der Waals surface area contributed by atoms with Crippen LogP contribution in [0.3, 0.4) is 0 Å². The second-order valence-electron chi connectivity index (χ2n) is 12.4. The lowest BCUT2D eigenvalue weighted by atomic mass is 10.1. The third-order valence-electron chi connectivity index (χ3n) is 9.44. The van der Waals surface area contributed by atoms with Crippen LogP contribution in [-0.2, 0) is 0 Å². The molecule has 0 spiro atoms. The number of hydrogen-bond acceptors (Lipinski definition) is 4. The van der Waals surface area contributed by atoms with E-state index in [1.807, 2.05) is 72.9 Å². The Kier molecular flexibility index (Phi) is 6.39. The Labute approximate surface area is 287 Å². The third kappa shape index (κ3) is 4.50. The molecular formula is C44H28N6. The second kappa shape index (κ2) is 11.4. The molecule has 0 aliphatic carbocycles. The highest BCUT2D eigenvalue weighted by Crippen LogP contribution is 2.39. The summed E-state index contributed by atoms with van der Waals surface area (Å²) in [5.74, 6) is 2.67. The number of hydrogen-bond donors (Lipinski definition) is 0. The van der Waals surface area contributed by atoms with E-state index < -0.39 is 0 Å². The molecule has 50 heavy (non-hydrogen) atoms. The molecule has 0 aliphatic heterocycles. The van der Waals surface area contributed by atoms with Crippen LogP contribution >= 0.6 is 0 Å². The average Bonchev–Trinajstić information content (AvgIpc) is 3.70. The average molecular weight is 641 g/mol. The molecule has 0 radical (unpaired) electrons. The predicted octanol–water partition coefficient (Wildman–Crippen LogP) is 10.5. The molecular weight excluding hydrogens is 613 g/mol. The number of benzene rings is 6. The molecule has 6 heteroatoms. The maximum Gasteiger partial charge on any atom is 0.238 e. The number of fused-ring (bicyclic) bond motifs is 6. The van der Waals surface area contributed by atoms with E-state index in [0.717, 1.165) is 66.3 Å². The van der Waals surface area contributed by atoms with Crippen LogP contribution in [0.25, 0.3) is 89.3 Å². The molecule has 234 valence electrons. The minimum atomic E-state index is 0.566.